The topological polar surface area (TPSA) is 68.8 Å². The predicted octanol–water partition coefficient (Wildman–Crippen LogP) is 17.8. The number of hydrogen-bond acceptors (Lipinski definition) is 3. The maximum absolute atomic E-state index is 9.56. The van der Waals surface area contributed by atoms with Gasteiger partial charge in [-0.05, 0) is 82.2 Å². The second-order valence-corrected chi connectivity index (χ2v) is 20.2. The Morgan fingerprint density at radius 3 is 1.32 bits per heavy atom. The van der Waals surface area contributed by atoms with Crippen LogP contribution in [0.3, 0.4) is 0 Å². The summed E-state index contributed by atoms with van der Waals surface area (Å²) >= 11 is 0. The number of aromatic nitrogens is 5. The minimum Gasteiger partial charge on any atom is -0.309 e. The summed E-state index contributed by atoms with van der Waals surface area (Å²) in [7, 11) is 0. The van der Waals surface area contributed by atoms with E-state index in [0.29, 0.717) is 11.4 Å². The molecule has 16 rings (SSSR count). The fourth-order valence-electron chi connectivity index (χ4n) is 12.4. The zero-order valence-electron chi connectivity index (χ0n) is 42.1. The van der Waals surface area contributed by atoms with Crippen LogP contribution in [0, 0.1) is 5.41 Å². The van der Waals surface area contributed by atoms with E-state index in [2.05, 4.69) is 255 Å². The molecule has 0 atom stereocenters. The number of para-hydroxylation sites is 6. The van der Waals surface area contributed by atoms with E-state index < -0.39 is 0 Å². The monoisotopic (exact) mass is 995 g/mol. The van der Waals surface area contributed by atoms with Crippen LogP contribution < -0.4 is 0 Å². The van der Waals surface area contributed by atoms with Crippen LogP contribution in [0.4, 0.5) is 0 Å². The van der Waals surface area contributed by atoms with E-state index in [-0.39, 0.29) is 0 Å². The highest BCUT2D eigenvalue weighted by Gasteiger charge is 2.23. The average Bonchev–Trinajstić information content (AvgIpc) is 4.42. The van der Waals surface area contributed by atoms with Crippen LogP contribution in [0.2, 0.25) is 0 Å². The molecule has 78 heavy (non-hydrogen) atoms. The Morgan fingerprint density at radius 1 is 0.359 bits per heavy atom. The Morgan fingerprint density at radius 2 is 0.782 bits per heavy atom. The minimum atomic E-state index is 0.381. The Balaban J connectivity index is 0.958. The molecule has 0 saturated carbocycles. The first-order valence-electron chi connectivity index (χ1n) is 26.4. The molecule has 16 aromatic rings. The van der Waals surface area contributed by atoms with E-state index in [1.165, 1.54) is 21.5 Å². The zero-order valence-corrected chi connectivity index (χ0v) is 42.1. The fourth-order valence-corrected chi connectivity index (χ4v) is 12.4. The second-order valence-electron chi connectivity index (χ2n) is 20.2. The lowest BCUT2D eigenvalue weighted by atomic mass is 10.0. The first-order chi connectivity index (χ1) is 38.6. The van der Waals surface area contributed by atoms with Gasteiger partial charge in [0.05, 0.1) is 61.2 Å². The number of aliphatic imine (C=N–C) groups is 1. The molecule has 5 aromatic heterocycles. The van der Waals surface area contributed by atoms with Crippen LogP contribution in [0.25, 0.3) is 132 Å². The summed E-state index contributed by atoms with van der Waals surface area (Å²) in [5.74, 6) is 1.63. The van der Waals surface area contributed by atoms with Gasteiger partial charge in [-0.3, -0.25) is 13.7 Å². The Labute approximate surface area is 447 Å². The Kier molecular flexibility index (Phi) is 9.65. The van der Waals surface area contributed by atoms with Gasteiger partial charge in [-0.25, -0.2) is 9.98 Å². The lowest BCUT2D eigenvalue weighted by Crippen LogP contribution is -2.06. The van der Waals surface area contributed by atoms with Crippen LogP contribution in [-0.2, 0) is 0 Å². The first kappa shape index (κ1) is 43.7. The third-order valence-corrected chi connectivity index (χ3v) is 15.9. The zero-order chi connectivity index (χ0) is 51.4. The van der Waals surface area contributed by atoms with Crippen LogP contribution in [-0.4, -0.2) is 35.3 Å². The maximum atomic E-state index is 9.56. The highest BCUT2D eigenvalue weighted by atomic mass is 15.2. The van der Waals surface area contributed by atoms with Crippen LogP contribution in [0.5, 0.6) is 0 Å². The molecule has 0 bridgehead atoms. The van der Waals surface area contributed by atoms with Crippen molar-refractivity contribution in [3.8, 4) is 17.3 Å². The van der Waals surface area contributed by atoms with Crippen molar-refractivity contribution in [1.29, 1.82) is 5.41 Å². The van der Waals surface area contributed by atoms with Crippen molar-refractivity contribution in [3.63, 3.8) is 0 Å². The first-order valence-corrected chi connectivity index (χ1v) is 26.4. The largest absolute Gasteiger partial charge is 0.309 e. The maximum Gasteiger partial charge on any atom is 0.142 e. The van der Waals surface area contributed by atoms with Crippen LogP contribution in [0.15, 0.2) is 266 Å². The van der Waals surface area contributed by atoms with E-state index >= 15 is 0 Å². The number of nitrogens with zero attached hydrogens (tertiary/aromatic N) is 6. The lowest BCUT2D eigenvalue weighted by molar-refractivity contribution is 0.997. The van der Waals surface area contributed by atoms with Crippen LogP contribution >= 0.6 is 0 Å². The molecule has 0 saturated heterocycles. The molecule has 364 valence electrons. The lowest BCUT2D eigenvalue weighted by Gasteiger charge is -2.16. The molecule has 0 spiro atoms. The molecule has 0 aliphatic rings. The summed E-state index contributed by atoms with van der Waals surface area (Å²) in [5.41, 5.74) is 12.4. The smallest absolute Gasteiger partial charge is 0.142 e. The van der Waals surface area contributed by atoms with Gasteiger partial charge in [0.1, 0.15) is 18.0 Å². The Hall–Kier alpha value is -10.6. The number of allylic oxidation sites excluding steroid dienone is 1. The molecule has 7 nitrogen and oxygen atoms in total. The third kappa shape index (κ3) is 6.68. The number of fused-ring (bicyclic) bond motifs is 15. The summed E-state index contributed by atoms with van der Waals surface area (Å²) in [6, 6.07) is 90.4. The van der Waals surface area contributed by atoms with Crippen molar-refractivity contribution in [2.45, 2.75) is 0 Å². The van der Waals surface area contributed by atoms with Crippen molar-refractivity contribution >= 4 is 127 Å². The van der Waals surface area contributed by atoms with Gasteiger partial charge < -0.3 is 9.98 Å². The SMILES string of the molecule is N=C(/C=C(\N=Cn1c2ccccc2c2ccc3c(c4ccccc4n3-c3cc(-n4c5ccccc5c5ccccc54)nc(-n4c5ccccc5c5ccccc54)c3)c21)c1ccc2ccccc2c1)c1ccc2ccccc2c1. The standard InChI is InChI=1S/C71H45N7/c72-59(49-35-33-45-17-1-3-19-47(45)39-49)43-60(50-36-34-46-18-2-4-20-48(46)40-50)73-44-75-61-27-11-5-25-56(61)57-37-38-67-70(71(57)75)58-26-10-16-32-66(58)76(67)51-41-68(77-62-28-12-6-21-52(62)53-22-7-13-29-63(53)77)74-69(42-51)78-64-30-14-8-23-54(64)55-24-9-15-31-65(55)78/h1-44,72H/b60-43-,72-59?,73-44?. The normalized spacial score (nSPS) is 12.4. The van der Waals surface area contributed by atoms with Gasteiger partial charge in [-0.1, -0.05) is 188 Å². The van der Waals surface area contributed by atoms with E-state index in [1.54, 1.807) is 0 Å². The van der Waals surface area contributed by atoms with Gasteiger partial charge in [0, 0.05) is 66.3 Å². The van der Waals surface area contributed by atoms with Gasteiger partial charge in [-0.15, -0.1) is 0 Å². The molecule has 0 unspecified atom stereocenters. The summed E-state index contributed by atoms with van der Waals surface area (Å²) < 4.78 is 9.33. The van der Waals surface area contributed by atoms with Crippen molar-refractivity contribution in [1.82, 2.24) is 23.3 Å². The van der Waals surface area contributed by atoms with E-state index in [0.717, 1.165) is 116 Å². The van der Waals surface area contributed by atoms with E-state index in [9.17, 15) is 5.41 Å². The van der Waals surface area contributed by atoms with Crippen molar-refractivity contribution in [2.24, 2.45) is 4.99 Å². The fraction of sp³-hybridized carbons (Fsp3) is 0. The molecule has 0 amide bonds. The van der Waals surface area contributed by atoms with E-state index in [1.807, 2.05) is 30.6 Å². The quantitative estimate of drug-likeness (QED) is 0.120. The average molecular weight is 996 g/mol. The van der Waals surface area contributed by atoms with Gasteiger partial charge in [0.2, 0.25) is 0 Å². The molecule has 0 radical (unpaired) electrons. The molecule has 7 heteroatoms. The Bertz CT molecular complexity index is 5010. The highest BCUT2D eigenvalue weighted by molar-refractivity contribution is 6.27. The molecular formula is C71H45N7. The molecular weight excluding hydrogens is 951 g/mol. The van der Waals surface area contributed by atoms with Gasteiger partial charge in [0.25, 0.3) is 0 Å². The number of nitrogens with one attached hydrogen (secondary N) is 1. The molecule has 5 heterocycles. The molecule has 0 aliphatic carbocycles. The molecule has 0 aliphatic heterocycles. The predicted molar refractivity (Wildman–Crippen MR) is 327 cm³/mol. The highest BCUT2D eigenvalue weighted by Crippen LogP contribution is 2.42. The summed E-state index contributed by atoms with van der Waals surface area (Å²) in [5, 5.41) is 23.2. The van der Waals surface area contributed by atoms with Crippen LogP contribution in [0.1, 0.15) is 11.1 Å². The van der Waals surface area contributed by atoms with Gasteiger partial charge in [-0.2, -0.15) is 0 Å². The molecule has 1 N–H and O–H groups in total. The summed E-state index contributed by atoms with van der Waals surface area (Å²) in [6.07, 6.45) is 3.88. The third-order valence-electron chi connectivity index (χ3n) is 15.9. The second kappa shape index (κ2) is 17.2. The number of hydrogen-bond donors (Lipinski definition) is 1. The van der Waals surface area contributed by atoms with Gasteiger partial charge >= 0.3 is 0 Å². The van der Waals surface area contributed by atoms with Crippen molar-refractivity contribution < 1.29 is 0 Å². The number of benzene rings is 11. The number of rotatable bonds is 8. The minimum absolute atomic E-state index is 0.381. The number of pyridine rings is 1. The van der Waals surface area contributed by atoms with Crippen molar-refractivity contribution in [3.05, 3.63) is 272 Å². The summed E-state index contributed by atoms with van der Waals surface area (Å²) in [6.45, 7) is 0. The van der Waals surface area contributed by atoms with E-state index in [4.69, 9.17) is 9.98 Å². The van der Waals surface area contributed by atoms with Crippen molar-refractivity contribution in [2.75, 3.05) is 0 Å². The van der Waals surface area contributed by atoms with Gasteiger partial charge in [0.15, 0.2) is 0 Å². The molecule has 0 fully saturated rings. The summed E-state index contributed by atoms with van der Waals surface area (Å²) in [4.78, 5) is 11.1. The molecule has 11 aromatic carbocycles.